The Labute approximate surface area is 125 Å². The minimum Gasteiger partial charge on any atom is -0.378 e. The average Bonchev–Trinajstić information content (AvgIpc) is 2.46. The lowest BCUT2D eigenvalue weighted by Crippen LogP contribution is -2.34. The summed E-state index contributed by atoms with van der Waals surface area (Å²) in [5.74, 6) is 0. The zero-order valence-corrected chi connectivity index (χ0v) is 12.5. The van der Waals surface area contributed by atoms with Crippen LogP contribution in [-0.2, 0) is 4.74 Å². The minimum atomic E-state index is -0.122. The lowest BCUT2D eigenvalue weighted by molar-refractivity contribution is 0.00848. The Morgan fingerprint density at radius 2 is 2.35 bits per heavy atom. The molecule has 1 unspecified atom stereocenters. The highest BCUT2D eigenvalue weighted by molar-refractivity contribution is 6.30. The molecule has 4 nitrogen and oxygen atoms in total. The fourth-order valence-corrected chi connectivity index (χ4v) is 2.45. The molecular weight excluding hydrogens is 276 g/mol. The van der Waals surface area contributed by atoms with Gasteiger partial charge in [-0.05, 0) is 43.9 Å². The Morgan fingerprint density at radius 1 is 1.50 bits per heavy atom. The molecule has 1 aromatic carbocycles. The van der Waals surface area contributed by atoms with Gasteiger partial charge in [-0.2, -0.15) is 0 Å². The van der Waals surface area contributed by atoms with Gasteiger partial charge in [-0.25, -0.2) is 4.79 Å². The molecule has 0 aromatic heterocycles. The van der Waals surface area contributed by atoms with Gasteiger partial charge in [-0.15, -0.1) is 0 Å². The van der Waals surface area contributed by atoms with Gasteiger partial charge in [-0.3, -0.25) is 0 Å². The topological polar surface area (TPSA) is 41.6 Å². The van der Waals surface area contributed by atoms with Crippen molar-refractivity contribution in [2.75, 3.05) is 25.5 Å². The molecule has 0 aliphatic carbocycles. The highest BCUT2D eigenvalue weighted by atomic mass is 35.5. The molecule has 110 valence electrons. The fourth-order valence-electron chi connectivity index (χ4n) is 2.26. The normalized spacial score (nSPS) is 18.6. The molecule has 2 rings (SSSR count). The van der Waals surface area contributed by atoms with E-state index in [0.29, 0.717) is 23.4 Å². The van der Waals surface area contributed by atoms with Gasteiger partial charge < -0.3 is 15.0 Å². The van der Waals surface area contributed by atoms with Crippen LogP contribution in [-0.4, -0.2) is 37.2 Å². The maximum absolute atomic E-state index is 12.0. The number of benzene rings is 1. The number of rotatable bonds is 4. The second-order valence-corrected chi connectivity index (χ2v) is 5.58. The van der Waals surface area contributed by atoms with Crippen molar-refractivity contribution < 1.29 is 9.53 Å². The number of ether oxygens (including phenoxy) is 1. The molecule has 20 heavy (non-hydrogen) atoms. The first-order valence-electron chi connectivity index (χ1n) is 7.04. The largest absolute Gasteiger partial charge is 0.378 e. The van der Waals surface area contributed by atoms with Crippen LogP contribution in [0.4, 0.5) is 10.5 Å². The van der Waals surface area contributed by atoms with Crippen molar-refractivity contribution in [1.82, 2.24) is 4.90 Å². The fraction of sp³-hybridized carbons (Fsp3) is 0.533. The number of carbonyl (C=O) groups excluding carboxylic acids is 1. The number of nitrogens with one attached hydrogen (secondary N) is 1. The summed E-state index contributed by atoms with van der Waals surface area (Å²) in [5.41, 5.74) is 0.711. The Hall–Kier alpha value is -1.26. The van der Waals surface area contributed by atoms with E-state index >= 15 is 0 Å². The van der Waals surface area contributed by atoms with Gasteiger partial charge in [0.25, 0.3) is 0 Å². The Bertz CT molecular complexity index is 447. The molecule has 5 heteroatoms. The van der Waals surface area contributed by atoms with E-state index in [1.165, 1.54) is 6.42 Å². The van der Waals surface area contributed by atoms with Crippen molar-refractivity contribution in [2.45, 2.75) is 31.8 Å². The minimum absolute atomic E-state index is 0.122. The molecule has 0 spiro atoms. The molecule has 1 aliphatic rings. The van der Waals surface area contributed by atoms with E-state index in [0.717, 1.165) is 25.9 Å². The van der Waals surface area contributed by atoms with Crippen LogP contribution >= 0.6 is 11.6 Å². The summed E-state index contributed by atoms with van der Waals surface area (Å²) in [6, 6.07) is 7.03. The Kier molecular flexibility index (Phi) is 5.68. The molecule has 1 atom stereocenters. The maximum Gasteiger partial charge on any atom is 0.321 e. The second kappa shape index (κ2) is 7.50. The van der Waals surface area contributed by atoms with E-state index < -0.39 is 0 Å². The van der Waals surface area contributed by atoms with Gasteiger partial charge in [0.2, 0.25) is 0 Å². The second-order valence-electron chi connectivity index (χ2n) is 5.14. The van der Waals surface area contributed by atoms with Crippen molar-refractivity contribution >= 4 is 23.3 Å². The van der Waals surface area contributed by atoms with Crippen molar-refractivity contribution in [3.8, 4) is 0 Å². The van der Waals surface area contributed by atoms with E-state index in [4.69, 9.17) is 16.3 Å². The molecular formula is C15H21ClN2O2. The summed E-state index contributed by atoms with van der Waals surface area (Å²) in [4.78, 5) is 13.7. The molecule has 1 fully saturated rings. The first-order valence-corrected chi connectivity index (χ1v) is 7.42. The lowest BCUT2D eigenvalue weighted by Gasteiger charge is -2.25. The number of anilines is 1. The predicted molar refractivity (Wildman–Crippen MR) is 81.3 cm³/mol. The highest BCUT2D eigenvalue weighted by Gasteiger charge is 2.16. The molecule has 0 saturated carbocycles. The number of hydrogen-bond acceptors (Lipinski definition) is 2. The van der Waals surface area contributed by atoms with Crippen LogP contribution in [0.5, 0.6) is 0 Å². The summed E-state index contributed by atoms with van der Waals surface area (Å²) >= 11 is 5.89. The Morgan fingerprint density at radius 3 is 3.05 bits per heavy atom. The zero-order chi connectivity index (χ0) is 14.4. The van der Waals surface area contributed by atoms with Crippen molar-refractivity contribution in [3.63, 3.8) is 0 Å². The van der Waals surface area contributed by atoms with Gasteiger partial charge in [0.1, 0.15) is 0 Å². The molecule has 1 heterocycles. The number of hydrogen-bond donors (Lipinski definition) is 1. The monoisotopic (exact) mass is 296 g/mol. The highest BCUT2D eigenvalue weighted by Crippen LogP contribution is 2.17. The molecule has 1 saturated heterocycles. The third-order valence-electron chi connectivity index (χ3n) is 3.48. The van der Waals surface area contributed by atoms with Crippen molar-refractivity contribution in [2.24, 2.45) is 0 Å². The number of carbonyl (C=O) groups is 1. The first kappa shape index (κ1) is 15.1. The van der Waals surface area contributed by atoms with E-state index in [1.54, 1.807) is 24.1 Å². The summed E-state index contributed by atoms with van der Waals surface area (Å²) in [7, 11) is 1.79. The predicted octanol–water partition coefficient (Wildman–Crippen LogP) is 3.76. The summed E-state index contributed by atoms with van der Waals surface area (Å²) < 4.78 is 5.67. The van der Waals surface area contributed by atoms with Gasteiger partial charge >= 0.3 is 6.03 Å². The third-order valence-corrected chi connectivity index (χ3v) is 3.72. The van der Waals surface area contributed by atoms with Gasteiger partial charge in [0.05, 0.1) is 6.10 Å². The van der Waals surface area contributed by atoms with Crippen LogP contribution < -0.4 is 5.32 Å². The molecule has 0 radical (unpaired) electrons. The molecule has 0 bridgehead atoms. The van der Waals surface area contributed by atoms with Crippen LogP contribution in [0.25, 0.3) is 0 Å². The quantitative estimate of drug-likeness (QED) is 0.919. The van der Waals surface area contributed by atoms with Gasteiger partial charge in [0, 0.05) is 30.9 Å². The molecule has 1 N–H and O–H groups in total. The summed E-state index contributed by atoms with van der Waals surface area (Å²) in [5, 5.41) is 3.44. The SMILES string of the molecule is CN(CCC1CCCCO1)C(=O)Nc1cccc(Cl)c1. The van der Waals surface area contributed by atoms with E-state index in [-0.39, 0.29) is 6.03 Å². The molecule has 1 aromatic rings. The standard InChI is InChI=1S/C15H21ClN2O2/c1-18(9-8-14-7-2-3-10-20-14)15(19)17-13-6-4-5-12(16)11-13/h4-6,11,14H,2-3,7-10H2,1H3,(H,17,19). The number of amides is 2. The number of halogens is 1. The number of urea groups is 1. The number of nitrogens with zero attached hydrogens (tertiary/aromatic N) is 1. The van der Waals surface area contributed by atoms with Crippen LogP contribution in [0.3, 0.4) is 0 Å². The first-order chi connectivity index (χ1) is 9.65. The van der Waals surface area contributed by atoms with Crippen LogP contribution in [0.15, 0.2) is 24.3 Å². The van der Waals surface area contributed by atoms with Crippen molar-refractivity contribution in [3.05, 3.63) is 29.3 Å². The average molecular weight is 297 g/mol. The van der Waals surface area contributed by atoms with Crippen LogP contribution in [0.2, 0.25) is 5.02 Å². The van der Waals surface area contributed by atoms with E-state index in [2.05, 4.69) is 5.32 Å². The molecule has 2 amide bonds. The molecule has 1 aliphatic heterocycles. The van der Waals surface area contributed by atoms with Gasteiger partial charge in [0.15, 0.2) is 0 Å². The summed E-state index contributed by atoms with van der Waals surface area (Å²) in [6.07, 6.45) is 4.67. The third kappa shape index (κ3) is 4.69. The lowest BCUT2D eigenvalue weighted by atomic mass is 10.1. The Balaban J connectivity index is 1.76. The van der Waals surface area contributed by atoms with Gasteiger partial charge in [-0.1, -0.05) is 17.7 Å². The maximum atomic E-state index is 12.0. The smallest absolute Gasteiger partial charge is 0.321 e. The van der Waals surface area contributed by atoms with Crippen LogP contribution in [0.1, 0.15) is 25.7 Å². The zero-order valence-electron chi connectivity index (χ0n) is 11.8. The van der Waals surface area contributed by atoms with E-state index in [9.17, 15) is 4.79 Å². The summed E-state index contributed by atoms with van der Waals surface area (Å²) in [6.45, 7) is 1.54. The van der Waals surface area contributed by atoms with Crippen molar-refractivity contribution in [1.29, 1.82) is 0 Å². The van der Waals surface area contributed by atoms with Crippen LogP contribution in [0, 0.1) is 0 Å². The van der Waals surface area contributed by atoms with E-state index in [1.807, 2.05) is 12.1 Å².